The third-order valence-corrected chi connectivity index (χ3v) is 3.53. The molecule has 0 radical (unpaired) electrons. The fraction of sp³-hybridized carbons (Fsp3) is 0.0625. The van der Waals surface area contributed by atoms with E-state index >= 15 is 0 Å². The van der Waals surface area contributed by atoms with Crippen molar-refractivity contribution in [3.05, 3.63) is 55.1 Å². The molecule has 0 aliphatic carbocycles. The van der Waals surface area contributed by atoms with Gasteiger partial charge in [-0.05, 0) is 29.8 Å². The number of rotatable bonds is 2. The molecule has 21 heavy (non-hydrogen) atoms. The van der Waals surface area contributed by atoms with Crippen LogP contribution in [-0.4, -0.2) is 25.0 Å². The first-order chi connectivity index (χ1) is 10.3. The van der Waals surface area contributed by atoms with E-state index in [1.165, 1.54) is 0 Å². The number of aromatic nitrogens is 5. The number of fused-ring (bicyclic) bond motifs is 1. The molecule has 1 aromatic carbocycles. The number of H-pyrrole nitrogens is 1. The maximum Gasteiger partial charge on any atom is 0.100 e. The van der Waals surface area contributed by atoms with Crippen LogP contribution >= 0.6 is 0 Å². The fourth-order valence-corrected chi connectivity index (χ4v) is 2.53. The van der Waals surface area contributed by atoms with Crippen LogP contribution in [0.3, 0.4) is 0 Å². The first kappa shape index (κ1) is 11.8. The predicted octanol–water partition coefficient (Wildman–Crippen LogP) is 3.03. The van der Waals surface area contributed by atoms with Crippen molar-refractivity contribution in [2.24, 2.45) is 7.05 Å². The predicted molar refractivity (Wildman–Crippen MR) is 81.5 cm³/mol. The SMILES string of the molecule is Cn1cc(-c2ccc3[nH]ncc3c2)c(-c2ccncc2)n1. The van der Waals surface area contributed by atoms with E-state index in [0.29, 0.717) is 0 Å². The average molecular weight is 275 g/mol. The minimum Gasteiger partial charge on any atom is -0.278 e. The van der Waals surface area contributed by atoms with Crippen LogP contribution in [0.25, 0.3) is 33.3 Å². The summed E-state index contributed by atoms with van der Waals surface area (Å²) in [5.41, 5.74) is 5.29. The van der Waals surface area contributed by atoms with Gasteiger partial charge in [0.15, 0.2) is 0 Å². The van der Waals surface area contributed by atoms with Crippen LogP contribution in [0, 0.1) is 0 Å². The highest BCUT2D eigenvalue weighted by Crippen LogP contribution is 2.31. The van der Waals surface area contributed by atoms with E-state index in [1.54, 1.807) is 12.4 Å². The maximum atomic E-state index is 4.59. The molecule has 3 heterocycles. The standard InChI is InChI=1S/C16H13N5/c1-21-10-14(16(20-21)11-4-6-17-7-5-11)12-2-3-15-13(8-12)9-18-19-15/h2-10H,1H3,(H,18,19). The minimum atomic E-state index is 0.961. The summed E-state index contributed by atoms with van der Waals surface area (Å²) in [4.78, 5) is 4.07. The van der Waals surface area contributed by atoms with Crippen molar-refractivity contribution in [2.45, 2.75) is 0 Å². The van der Waals surface area contributed by atoms with Crippen molar-refractivity contribution in [1.29, 1.82) is 0 Å². The van der Waals surface area contributed by atoms with Crippen LogP contribution < -0.4 is 0 Å². The zero-order valence-corrected chi connectivity index (χ0v) is 11.5. The number of nitrogens with one attached hydrogen (secondary N) is 1. The summed E-state index contributed by atoms with van der Waals surface area (Å²) < 4.78 is 1.84. The van der Waals surface area contributed by atoms with Gasteiger partial charge >= 0.3 is 0 Å². The number of benzene rings is 1. The molecule has 0 spiro atoms. The highest BCUT2D eigenvalue weighted by molar-refractivity contribution is 5.88. The van der Waals surface area contributed by atoms with Gasteiger partial charge < -0.3 is 0 Å². The van der Waals surface area contributed by atoms with Crippen molar-refractivity contribution < 1.29 is 0 Å². The van der Waals surface area contributed by atoms with Gasteiger partial charge in [0.25, 0.3) is 0 Å². The highest BCUT2D eigenvalue weighted by Gasteiger charge is 2.12. The average Bonchev–Trinajstić information content (AvgIpc) is 3.13. The van der Waals surface area contributed by atoms with Gasteiger partial charge in [-0.2, -0.15) is 10.2 Å². The molecule has 1 N–H and O–H groups in total. The Bertz CT molecular complexity index is 905. The molecule has 4 rings (SSSR count). The molecule has 5 nitrogen and oxygen atoms in total. The van der Waals surface area contributed by atoms with Crippen LogP contribution in [0.2, 0.25) is 0 Å². The van der Waals surface area contributed by atoms with Crippen molar-refractivity contribution >= 4 is 10.9 Å². The molecular weight excluding hydrogens is 262 g/mol. The zero-order chi connectivity index (χ0) is 14.2. The van der Waals surface area contributed by atoms with Gasteiger partial charge in [0.05, 0.1) is 11.7 Å². The zero-order valence-electron chi connectivity index (χ0n) is 11.5. The summed E-state index contributed by atoms with van der Waals surface area (Å²) in [5.74, 6) is 0. The number of aromatic amines is 1. The van der Waals surface area contributed by atoms with E-state index in [2.05, 4.69) is 32.4 Å². The molecule has 0 aliphatic heterocycles. The van der Waals surface area contributed by atoms with Gasteiger partial charge in [-0.3, -0.25) is 14.8 Å². The summed E-state index contributed by atoms with van der Waals surface area (Å²) in [7, 11) is 1.94. The Labute approximate surface area is 121 Å². The number of hydrogen-bond acceptors (Lipinski definition) is 3. The Morgan fingerprint density at radius 2 is 1.90 bits per heavy atom. The molecule has 0 atom stereocenters. The molecule has 0 bridgehead atoms. The van der Waals surface area contributed by atoms with Gasteiger partial charge in [0.1, 0.15) is 5.69 Å². The lowest BCUT2D eigenvalue weighted by Gasteiger charge is -2.02. The summed E-state index contributed by atoms with van der Waals surface area (Å²) in [6.45, 7) is 0. The highest BCUT2D eigenvalue weighted by atomic mass is 15.3. The van der Waals surface area contributed by atoms with Crippen LogP contribution in [0.4, 0.5) is 0 Å². The lowest BCUT2D eigenvalue weighted by atomic mass is 10.0. The molecule has 4 aromatic rings. The van der Waals surface area contributed by atoms with Gasteiger partial charge in [0.2, 0.25) is 0 Å². The smallest absolute Gasteiger partial charge is 0.100 e. The van der Waals surface area contributed by atoms with E-state index in [1.807, 2.05) is 42.3 Å². The summed E-state index contributed by atoms with van der Waals surface area (Å²) >= 11 is 0. The molecule has 102 valence electrons. The van der Waals surface area contributed by atoms with E-state index in [0.717, 1.165) is 33.3 Å². The summed E-state index contributed by atoms with van der Waals surface area (Å²) in [6.07, 6.45) is 7.44. The number of hydrogen-bond donors (Lipinski definition) is 1. The number of nitrogens with zero attached hydrogens (tertiary/aromatic N) is 4. The van der Waals surface area contributed by atoms with Crippen LogP contribution in [0.5, 0.6) is 0 Å². The first-order valence-electron chi connectivity index (χ1n) is 6.69. The van der Waals surface area contributed by atoms with Gasteiger partial charge in [-0.1, -0.05) is 6.07 Å². The second-order valence-electron chi connectivity index (χ2n) is 4.97. The second-order valence-corrected chi connectivity index (χ2v) is 4.97. The Morgan fingerprint density at radius 3 is 2.76 bits per heavy atom. The quantitative estimate of drug-likeness (QED) is 0.611. The van der Waals surface area contributed by atoms with E-state index in [4.69, 9.17) is 0 Å². The van der Waals surface area contributed by atoms with E-state index in [-0.39, 0.29) is 0 Å². The molecule has 3 aromatic heterocycles. The lowest BCUT2D eigenvalue weighted by molar-refractivity contribution is 0.771. The fourth-order valence-electron chi connectivity index (χ4n) is 2.53. The molecule has 0 saturated carbocycles. The number of aryl methyl sites for hydroxylation is 1. The molecular formula is C16H13N5. The van der Waals surface area contributed by atoms with Gasteiger partial charge in [-0.25, -0.2) is 0 Å². The van der Waals surface area contributed by atoms with Crippen molar-refractivity contribution in [2.75, 3.05) is 0 Å². The van der Waals surface area contributed by atoms with Crippen LogP contribution in [0.15, 0.2) is 55.1 Å². The lowest BCUT2D eigenvalue weighted by Crippen LogP contribution is -1.87. The molecule has 0 unspecified atom stereocenters. The Kier molecular flexibility index (Phi) is 2.57. The molecule has 0 amide bonds. The van der Waals surface area contributed by atoms with Crippen LogP contribution in [0.1, 0.15) is 0 Å². The Balaban J connectivity index is 1.92. The van der Waals surface area contributed by atoms with Gasteiger partial charge in [-0.15, -0.1) is 0 Å². The van der Waals surface area contributed by atoms with Gasteiger partial charge in [0, 0.05) is 42.2 Å². The monoisotopic (exact) mass is 275 g/mol. The summed E-state index contributed by atoms with van der Waals surface area (Å²) in [5, 5.41) is 12.7. The Hall–Kier alpha value is -2.95. The van der Waals surface area contributed by atoms with Crippen molar-refractivity contribution in [3.63, 3.8) is 0 Å². The maximum absolute atomic E-state index is 4.59. The topological polar surface area (TPSA) is 59.4 Å². The third-order valence-electron chi connectivity index (χ3n) is 3.53. The molecule has 0 aliphatic rings. The largest absolute Gasteiger partial charge is 0.278 e. The van der Waals surface area contributed by atoms with Crippen molar-refractivity contribution in [3.8, 4) is 22.4 Å². The Morgan fingerprint density at radius 1 is 1.05 bits per heavy atom. The molecule has 5 heteroatoms. The van der Waals surface area contributed by atoms with E-state index in [9.17, 15) is 0 Å². The number of pyridine rings is 1. The van der Waals surface area contributed by atoms with Crippen molar-refractivity contribution in [1.82, 2.24) is 25.0 Å². The first-order valence-corrected chi connectivity index (χ1v) is 6.69. The summed E-state index contributed by atoms with van der Waals surface area (Å²) in [6, 6.07) is 10.2. The van der Waals surface area contributed by atoms with E-state index < -0.39 is 0 Å². The minimum absolute atomic E-state index is 0.961. The van der Waals surface area contributed by atoms with Crippen LogP contribution in [-0.2, 0) is 7.05 Å². The molecule has 0 fully saturated rings. The third kappa shape index (κ3) is 1.99. The normalized spacial score (nSPS) is 11.1. The molecule has 0 saturated heterocycles. The second kappa shape index (κ2) is 4.56.